The van der Waals surface area contributed by atoms with Crippen LogP contribution in [0.1, 0.15) is 5.56 Å². The van der Waals surface area contributed by atoms with E-state index in [0.717, 1.165) is 5.56 Å². The lowest BCUT2D eigenvalue weighted by Crippen LogP contribution is -2.32. The molecule has 1 nitrogen and oxygen atoms in total. The highest BCUT2D eigenvalue weighted by molar-refractivity contribution is 8.03. The fourth-order valence-corrected chi connectivity index (χ4v) is 8.18. The fraction of sp³-hybridized carbons (Fsp3) is 0. The molecule has 2 N–H and O–H groups in total. The van der Waals surface area contributed by atoms with E-state index < -0.39 is 7.26 Å². The molecule has 0 aliphatic rings. The Balaban J connectivity index is 2.13. The Morgan fingerprint density at radius 2 is 0.821 bits per heavy atom. The molecular formula is C26H23NP+. The highest BCUT2D eigenvalue weighted by atomic mass is 31.2. The van der Waals surface area contributed by atoms with Gasteiger partial charge in [-0.05, 0) is 36.4 Å². The molecule has 0 aliphatic heterocycles. The van der Waals surface area contributed by atoms with Crippen LogP contribution in [0.5, 0.6) is 0 Å². The number of rotatable bonds is 5. The normalized spacial score (nSPS) is 11.9. The fourth-order valence-electron chi connectivity index (χ4n) is 3.83. The van der Waals surface area contributed by atoms with E-state index in [1.807, 2.05) is 12.3 Å². The van der Waals surface area contributed by atoms with Gasteiger partial charge in [0.05, 0.1) is 0 Å². The molecule has 2 heteroatoms. The lowest BCUT2D eigenvalue weighted by molar-refractivity contribution is 1.58. The molecule has 4 aromatic rings. The van der Waals surface area contributed by atoms with Crippen molar-refractivity contribution in [2.24, 2.45) is 5.73 Å². The minimum atomic E-state index is -2.15. The standard InChI is InChI=1S/C26H23NP/c27-21-26(22-13-5-1-6-14-22)28(23-15-7-2-8-16-23,24-17-9-3-10-18-24)25-19-11-4-12-20-25/h1-21H,27H2/q+1. The van der Waals surface area contributed by atoms with Crippen molar-refractivity contribution < 1.29 is 0 Å². The monoisotopic (exact) mass is 380 g/mol. The Morgan fingerprint density at radius 1 is 0.500 bits per heavy atom. The quantitative estimate of drug-likeness (QED) is 0.488. The Hall–Kier alpha value is -3.15. The van der Waals surface area contributed by atoms with Crippen LogP contribution in [0.15, 0.2) is 128 Å². The SMILES string of the molecule is NC=C(c1ccccc1)[P+](c1ccccc1)(c1ccccc1)c1ccccc1. The third-order valence-corrected chi connectivity index (χ3v) is 9.37. The van der Waals surface area contributed by atoms with Gasteiger partial charge in [0, 0.05) is 11.8 Å². The van der Waals surface area contributed by atoms with Gasteiger partial charge in [0.25, 0.3) is 0 Å². The second-order valence-electron chi connectivity index (χ2n) is 6.60. The maximum atomic E-state index is 6.37. The predicted molar refractivity (Wildman–Crippen MR) is 124 cm³/mol. The van der Waals surface area contributed by atoms with Gasteiger partial charge in [-0.2, -0.15) is 0 Å². The summed E-state index contributed by atoms with van der Waals surface area (Å²) in [6, 6.07) is 42.9. The van der Waals surface area contributed by atoms with Gasteiger partial charge in [-0.25, -0.2) is 0 Å². The summed E-state index contributed by atoms with van der Waals surface area (Å²) >= 11 is 0. The van der Waals surface area contributed by atoms with Gasteiger partial charge in [0.1, 0.15) is 28.5 Å². The second-order valence-corrected chi connectivity index (χ2v) is 9.97. The molecule has 0 radical (unpaired) electrons. The Morgan fingerprint density at radius 3 is 1.14 bits per heavy atom. The Kier molecular flexibility index (Phi) is 5.37. The molecule has 0 atom stereocenters. The number of hydrogen-bond donors (Lipinski definition) is 1. The number of nitrogens with two attached hydrogens (primary N) is 1. The molecule has 28 heavy (non-hydrogen) atoms. The van der Waals surface area contributed by atoms with Gasteiger partial charge in [-0.1, -0.05) is 84.9 Å². The van der Waals surface area contributed by atoms with E-state index in [4.69, 9.17) is 5.73 Å². The van der Waals surface area contributed by atoms with E-state index in [1.165, 1.54) is 21.2 Å². The lowest BCUT2D eigenvalue weighted by atomic mass is 10.2. The molecule has 0 unspecified atom stereocenters. The average Bonchev–Trinajstić information content (AvgIpc) is 2.80. The zero-order valence-corrected chi connectivity index (χ0v) is 16.5. The van der Waals surface area contributed by atoms with Gasteiger partial charge < -0.3 is 5.73 Å². The van der Waals surface area contributed by atoms with Crippen molar-refractivity contribution >= 4 is 28.5 Å². The van der Waals surface area contributed by atoms with Gasteiger partial charge in [-0.3, -0.25) is 0 Å². The largest absolute Gasteiger partial charge is 0.401 e. The molecule has 136 valence electrons. The van der Waals surface area contributed by atoms with Crippen molar-refractivity contribution in [1.82, 2.24) is 0 Å². The van der Waals surface area contributed by atoms with Crippen LogP contribution in [0, 0.1) is 0 Å². The van der Waals surface area contributed by atoms with Crippen molar-refractivity contribution in [2.45, 2.75) is 0 Å². The summed E-state index contributed by atoms with van der Waals surface area (Å²) in [6.45, 7) is 0. The van der Waals surface area contributed by atoms with E-state index in [2.05, 4.69) is 115 Å². The highest BCUT2D eigenvalue weighted by Crippen LogP contribution is 2.65. The Labute approximate surface area is 167 Å². The van der Waals surface area contributed by atoms with E-state index in [1.54, 1.807) is 0 Å². The molecule has 0 aromatic heterocycles. The van der Waals surface area contributed by atoms with E-state index in [9.17, 15) is 0 Å². The van der Waals surface area contributed by atoms with Crippen LogP contribution in [0.25, 0.3) is 5.31 Å². The van der Waals surface area contributed by atoms with Crippen molar-refractivity contribution in [3.05, 3.63) is 133 Å². The summed E-state index contributed by atoms with van der Waals surface area (Å²) in [4.78, 5) is 0. The lowest BCUT2D eigenvalue weighted by Gasteiger charge is -2.29. The molecule has 0 saturated heterocycles. The molecule has 4 rings (SSSR count). The van der Waals surface area contributed by atoms with Crippen molar-refractivity contribution in [1.29, 1.82) is 0 Å². The first kappa shape index (κ1) is 18.2. The van der Waals surface area contributed by atoms with Gasteiger partial charge >= 0.3 is 0 Å². The Bertz CT molecular complexity index is 946. The third-order valence-electron chi connectivity index (χ3n) is 5.02. The molecule has 0 heterocycles. The van der Waals surface area contributed by atoms with Gasteiger partial charge in [0.15, 0.2) is 0 Å². The summed E-state index contributed by atoms with van der Waals surface area (Å²) in [5.41, 5.74) is 7.53. The van der Waals surface area contributed by atoms with Crippen LogP contribution in [0.3, 0.4) is 0 Å². The van der Waals surface area contributed by atoms with Crippen LogP contribution >= 0.6 is 7.26 Å². The molecular weight excluding hydrogens is 357 g/mol. The maximum absolute atomic E-state index is 6.37. The zero-order chi connectivity index (χ0) is 19.2. The van der Waals surface area contributed by atoms with Crippen LogP contribution in [-0.2, 0) is 0 Å². The maximum Gasteiger partial charge on any atom is 0.146 e. The minimum absolute atomic E-state index is 1.16. The molecule has 0 bridgehead atoms. The van der Waals surface area contributed by atoms with Crippen molar-refractivity contribution in [3.8, 4) is 0 Å². The summed E-state index contributed by atoms with van der Waals surface area (Å²) in [5, 5.41) is 5.07. The van der Waals surface area contributed by atoms with Crippen molar-refractivity contribution in [3.63, 3.8) is 0 Å². The minimum Gasteiger partial charge on any atom is -0.401 e. The number of hydrogen-bond acceptors (Lipinski definition) is 1. The van der Waals surface area contributed by atoms with Crippen LogP contribution in [0.2, 0.25) is 0 Å². The molecule has 0 fully saturated rings. The van der Waals surface area contributed by atoms with Gasteiger partial charge in [-0.15, -0.1) is 0 Å². The summed E-state index contributed by atoms with van der Waals surface area (Å²) in [6.07, 6.45) is 1.82. The smallest absolute Gasteiger partial charge is 0.146 e. The molecule has 4 aromatic carbocycles. The number of benzene rings is 4. The third kappa shape index (κ3) is 3.15. The van der Waals surface area contributed by atoms with E-state index >= 15 is 0 Å². The second kappa shape index (κ2) is 8.25. The first-order valence-electron chi connectivity index (χ1n) is 9.41. The van der Waals surface area contributed by atoms with Crippen LogP contribution in [-0.4, -0.2) is 0 Å². The summed E-state index contributed by atoms with van der Waals surface area (Å²) in [5.74, 6) is 0. The predicted octanol–water partition coefficient (Wildman–Crippen LogP) is 4.94. The first-order valence-corrected chi connectivity index (χ1v) is 11.2. The molecule has 0 saturated carbocycles. The summed E-state index contributed by atoms with van der Waals surface area (Å²) < 4.78 is 0. The molecule has 0 spiro atoms. The van der Waals surface area contributed by atoms with Crippen molar-refractivity contribution in [2.75, 3.05) is 0 Å². The first-order chi connectivity index (χ1) is 13.9. The topological polar surface area (TPSA) is 26.0 Å². The zero-order valence-electron chi connectivity index (χ0n) is 15.6. The van der Waals surface area contributed by atoms with Crippen LogP contribution < -0.4 is 21.6 Å². The summed E-state index contributed by atoms with van der Waals surface area (Å²) in [7, 11) is -2.15. The van der Waals surface area contributed by atoms with E-state index in [0.29, 0.717) is 0 Å². The molecule has 0 amide bonds. The van der Waals surface area contributed by atoms with E-state index in [-0.39, 0.29) is 0 Å². The highest BCUT2D eigenvalue weighted by Gasteiger charge is 2.49. The molecule has 0 aliphatic carbocycles. The van der Waals surface area contributed by atoms with Gasteiger partial charge in [0.2, 0.25) is 0 Å². The average molecular weight is 380 g/mol. The van der Waals surface area contributed by atoms with Crippen LogP contribution in [0.4, 0.5) is 0 Å².